The molecule has 9 heteroatoms. The highest BCUT2D eigenvalue weighted by Crippen LogP contribution is 2.38. The SMILES string of the molecule is COC(=O)c1c(Br)csc1-n1c(C)nnc1CO[Si](c1ccccc1)(c1ccccc1)C(C)(C)C. The van der Waals surface area contributed by atoms with Crippen LogP contribution >= 0.6 is 27.3 Å². The minimum absolute atomic E-state index is 0.168. The zero-order valence-electron chi connectivity index (χ0n) is 20.4. The lowest BCUT2D eigenvalue weighted by Gasteiger charge is -2.42. The fourth-order valence-electron chi connectivity index (χ4n) is 4.48. The van der Waals surface area contributed by atoms with Crippen molar-refractivity contribution >= 4 is 51.9 Å². The van der Waals surface area contributed by atoms with Crippen molar-refractivity contribution in [3.8, 4) is 5.00 Å². The van der Waals surface area contributed by atoms with Crippen molar-refractivity contribution in [2.45, 2.75) is 39.3 Å². The summed E-state index contributed by atoms with van der Waals surface area (Å²) in [5.74, 6) is 0.889. The number of halogens is 1. The zero-order chi connectivity index (χ0) is 25.2. The number of aryl methyl sites for hydroxylation is 1. The van der Waals surface area contributed by atoms with Gasteiger partial charge in [-0.3, -0.25) is 4.57 Å². The Bertz CT molecular complexity index is 1280. The topological polar surface area (TPSA) is 66.2 Å². The Balaban J connectivity index is 1.83. The van der Waals surface area contributed by atoms with Crippen molar-refractivity contribution < 1.29 is 14.0 Å². The van der Waals surface area contributed by atoms with Crippen LogP contribution in [-0.4, -0.2) is 36.2 Å². The number of hydrogen-bond donors (Lipinski definition) is 0. The van der Waals surface area contributed by atoms with Crippen molar-refractivity contribution in [3.05, 3.63) is 87.7 Å². The summed E-state index contributed by atoms with van der Waals surface area (Å²) in [5, 5.41) is 13.6. The Morgan fingerprint density at radius 3 is 2.11 bits per heavy atom. The Morgan fingerprint density at radius 2 is 1.60 bits per heavy atom. The molecule has 35 heavy (non-hydrogen) atoms. The third kappa shape index (κ3) is 4.65. The molecule has 0 spiro atoms. The van der Waals surface area contributed by atoms with E-state index in [-0.39, 0.29) is 11.6 Å². The molecule has 0 aliphatic heterocycles. The Labute approximate surface area is 219 Å². The molecule has 0 atom stereocenters. The summed E-state index contributed by atoms with van der Waals surface area (Å²) < 4.78 is 14.6. The summed E-state index contributed by atoms with van der Waals surface area (Å²) in [6.07, 6.45) is 0. The monoisotopic (exact) mass is 569 g/mol. The molecule has 0 amide bonds. The van der Waals surface area contributed by atoms with Crippen LogP contribution in [0.15, 0.2) is 70.5 Å². The Morgan fingerprint density at radius 1 is 1.03 bits per heavy atom. The number of aromatic nitrogens is 3. The summed E-state index contributed by atoms with van der Waals surface area (Å²) in [6.45, 7) is 8.82. The molecule has 2 aromatic heterocycles. The van der Waals surface area contributed by atoms with E-state index < -0.39 is 14.3 Å². The van der Waals surface area contributed by atoms with Crippen LogP contribution in [-0.2, 0) is 15.8 Å². The molecule has 0 unspecified atom stereocenters. The van der Waals surface area contributed by atoms with Crippen LogP contribution in [0.3, 0.4) is 0 Å². The number of benzene rings is 2. The van der Waals surface area contributed by atoms with E-state index in [1.807, 2.05) is 29.0 Å². The van der Waals surface area contributed by atoms with Crippen LogP contribution in [0.2, 0.25) is 5.04 Å². The molecule has 2 aromatic carbocycles. The lowest BCUT2D eigenvalue weighted by atomic mass is 10.2. The molecule has 0 saturated carbocycles. The summed E-state index contributed by atoms with van der Waals surface area (Å²) in [4.78, 5) is 12.5. The molecule has 0 bridgehead atoms. The molecule has 0 aliphatic carbocycles. The van der Waals surface area contributed by atoms with Crippen molar-refractivity contribution in [1.82, 2.24) is 14.8 Å². The molecule has 182 valence electrons. The van der Waals surface area contributed by atoms with Gasteiger partial charge in [0.05, 0.1) is 13.7 Å². The zero-order valence-corrected chi connectivity index (χ0v) is 23.8. The average molecular weight is 571 g/mol. The van der Waals surface area contributed by atoms with E-state index >= 15 is 0 Å². The summed E-state index contributed by atoms with van der Waals surface area (Å²) in [5.41, 5.74) is 0.451. The first-order chi connectivity index (χ1) is 16.7. The second-order valence-corrected chi connectivity index (χ2v) is 15.2. The van der Waals surface area contributed by atoms with Gasteiger partial charge in [0.25, 0.3) is 8.32 Å². The first-order valence-corrected chi connectivity index (χ1v) is 14.8. The van der Waals surface area contributed by atoms with Crippen LogP contribution < -0.4 is 10.4 Å². The summed E-state index contributed by atoms with van der Waals surface area (Å²) in [6, 6.07) is 20.9. The second-order valence-electron chi connectivity index (χ2n) is 9.21. The number of methoxy groups -OCH3 is 1. The van der Waals surface area contributed by atoms with E-state index in [9.17, 15) is 4.79 Å². The highest BCUT2D eigenvalue weighted by Gasteiger charge is 2.50. The largest absolute Gasteiger partial charge is 0.465 e. The average Bonchev–Trinajstić information content (AvgIpc) is 3.41. The molecule has 0 radical (unpaired) electrons. The van der Waals surface area contributed by atoms with E-state index in [1.165, 1.54) is 28.8 Å². The second kappa shape index (κ2) is 10.2. The normalized spacial score (nSPS) is 12.1. The van der Waals surface area contributed by atoms with Gasteiger partial charge in [0.1, 0.15) is 16.4 Å². The predicted octanol–water partition coefficient (Wildman–Crippen LogP) is 5.26. The first-order valence-electron chi connectivity index (χ1n) is 11.2. The Kier molecular flexibility index (Phi) is 7.42. The first kappa shape index (κ1) is 25.5. The molecule has 0 aliphatic rings. The lowest BCUT2D eigenvalue weighted by molar-refractivity contribution is 0.0600. The molecule has 4 aromatic rings. The number of nitrogens with zero attached hydrogens (tertiary/aromatic N) is 3. The van der Waals surface area contributed by atoms with Gasteiger partial charge in [-0.05, 0) is 38.3 Å². The number of esters is 1. The van der Waals surface area contributed by atoms with Crippen molar-refractivity contribution in [2.75, 3.05) is 7.11 Å². The maximum atomic E-state index is 12.5. The molecule has 2 heterocycles. The third-order valence-electron chi connectivity index (χ3n) is 6.05. The minimum Gasteiger partial charge on any atom is -0.465 e. The molecule has 0 saturated heterocycles. The van der Waals surface area contributed by atoms with Gasteiger partial charge in [-0.2, -0.15) is 0 Å². The van der Waals surface area contributed by atoms with Gasteiger partial charge in [-0.1, -0.05) is 81.4 Å². The van der Waals surface area contributed by atoms with E-state index in [4.69, 9.17) is 9.16 Å². The van der Waals surface area contributed by atoms with Gasteiger partial charge in [0.15, 0.2) is 5.82 Å². The maximum Gasteiger partial charge on any atom is 0.342 e. The molecular weight excluding hydrogens is 542 g/mol. The number of hydrogen-bond acceptors (Lipinski definition) is 6. The predicted molar refractivity (Wildman–Crippen MR) is 145 cm³/mol. The smallest absolute Gasteiger partial charge is 0.342 e. The molecule has 0 N–H and O–H groups in total. The lowest BCUT2D eigenvalue weighted by Crippen LogP contribution is -2.66. The van der Waals surface area contributed by atoms with Gasteiger partial charge >= 0.3 is 5.97 Å². The van der Waals surface area contributed by atoms with E-state index in [2.05, 4.69) is 95.4 Å². The molecule has 0 fully saturated rings. The van der Waals surface area contributed by atoms with Gasteiger partial charge < -0.3 is 9.16 Å². The maximum absolute atomic E-state index is 12.5. The quantitative estimate of drug-likeness (QED) is 0.224. The number of carbonyl (C=O) groups is 1. The van der Waals surface area contributed by atoms with Gasteiger partial charge in [0.2, 0.25) is 0 Å². The van der Waals surface area contributed by atoms with Crippen molar-refractivity contribution in [1.29, 1.82) is 0 Å². The molecular formula is C26H28BrN3O3SSi. The number of rotatable bonds is 7. The Hall–Kier alpha value is -2.59. The van der Waals surface area contributed by atoms with Crippen LogP contribution in [0.5, 0.6) is 0 Å². The number of thiophene rings is 1. The van der Waals surface area contributed by atoms with Crippen molar-refractivity contribution in [3.63, 3.8) is 0 Å². The van der Waals surface area contributed by atoms with Gasteiger partial charge in [-0.15, -0.1) is 21.5 Å². The van der Waals surface area contributed by atoms with Crippen molar-refractivity contribution in [2.24, 2.45) is 0 Å². The molecule has 4 rings (SSSR count). The number of ether oxygens (including phenoxy) is 1. The van der Waals surface area contributed by atoms with E-state index in [1.54, 1.807) is 0 Å². The van der Waals surface area contributed by atoms with Crippen LogP contribution in [0.4, 0.5) is 0 Å². The minimum atomic E-state index is -2.76. The van der Waals surface area contributed by atoms with Gasteiger partial charge in [-0.25, -0.2) is 4.79 Å². The summed E-state index contributed by atoms with van der Waals surface area (Å²) in [7, 11) is -1.39. The fourth-order valence-corrected chi connectivity index (χ4v) is 10.7. The highest BCUT2D eigenvalue weighted by molar-refractivity contribution is 9.10. The standard InChI is InChI=1S/C26H28BrN3O3SSi/c1-18-28-29-22(30(18)24-23(25(31)32-5)21(27)17-34-24)16-33-35(26(2,3)4,19-12-8-6-9-13-19)20-14-10-7-11-15-20/h6-15,17H,16H2,1-5H3. The van der Waals surface area contributed by atoms with E-state index in [0.29, 0.717) is 26.7 Å². The van der Waals surface area contributed by atoms with Crippen LogP contribution in [0.25, 0.3) is 5.00 Å². The van der Waals surface area contributed by atoms with E-state index in [0.717, 1.165) is 0 Å². The third-order valence-corrected chi connectivity index (χ3v) is 12.9. The van der Waals surface area contributed by atoms with Crippen LogP contribution in [0, 0.1) is 6.92 Å². The van der Waals surface area contributed by atoms with Crippen LogP contribution in [0.1, 0.15) is 42.8 Å². The summed E-state index contributed by atoms with van der Waals surface area (Å²) >= 11 is 4.91. The highest BCUT2D eigenvalue weighted by atomic mass is 79.9. The fraction of sp³-hybridized carbons (Fsp3) is 0.269. The number of carbonyl (C=O) groups excluding carboxylic acids is 1. The molecule has 6 nitrogen and oxygen atoms in total. The van der Waals surface area contributed by atoms with Gasteiger partial charge in [0, 0.05) is 9.85 Å².